The first-order valence-corrected chi connectivity index (χ1v) is 19.2. The van der Waals surface area contributed by atoms with Crippen LogP contribution in [-0.2, 0) is 0 Å². The molecule has 0 atom stereocenters. The second-order valence-electron chi connectivity index (χ2n) is 14.0. The van der Waals surface area contributed by atoms with Crippen LogP contribution in [0, 0.1) is 34.6 Å². The van der Waals surface area contributed by atoms with Gasteiger partial charge in [0.15, 0.2) is 5.78 Å². The van der Waals surface area contributed by atoms with Crippen LogP contribution < -0.4 is 34.4 Å². The lowest BCUT2D eigenvalue weighted by Crippen LogP contribution is -2.06. The summed E-state index contributed by atoms with van der Waals surface area (Å²) in [5.74, 6) is 0.744. The summed E-state index contributed by atoms with van der Waals surface area (Å²) in [6.07, 6.45) is 6.81. The molecule has 6 aromatic rings. The highest BCUT2D eigenvalue weighted by Gasteiger charge is 2.16. The summed E-state index contributed by atoms with van der Waals surface area (Å²) in [7, 11) is 0. The van der Waals surface area contributed by atoms with Gasteiger partial charge in [0.25, 0.3) is 0 Å². The van der Waals surface area contributed by atoms with Gasteiger partial charge in [-0.3, -0.25) is 4.79 Å². The molecule has 1 aliphatic carbocycles. The fourth-order valence-corrected chi connectivity index (χ4v) is 5.69. The molecule has 6 aromatic carbocycles. The molecule has 296 valence electrons. The first-order valence-electron chi connectivity index (χ1n) is 19.2. The Balaban J connectivity index is 0.000000235. The Hall–Kier alpha value is -6.21. The third-order valence-corrected chi connectivity index (χ3v) is 9.45. The lowest BCUT2D eigenvalue weighted by Gasteiger charge is -2.23. The molecule has 12 N–H and O–H groups in total. The van der Waals surface area contributed by atoms with Crippen LogP contribution in [-0.4, -0.2) is 5.78 Å². The lowest BCUT2D eigenvalue weighted by atomic mass is 9.83. The van der Waals surface area contributed by atoms with Crippen LogP contribution in [0.25, 0.3) is 0 Å². The summed E-state index contributed by atoms with van der Waals surface area (Å²) in [5, 5.41) is 0. The van der Waals surface area contributed by atoms with Gasteiger partial charge in [0.2, 0.25) is 0 Å². The average Bonchev–Trinajstić information content (AvgIpc) is 3.19. The predicted molar refractivity (Wildman–Crippen MR) is 245 cm³/mol. The molecule has 1 saturated carbocycles. The van der Waals surface area contributed by atoms with E-state index in [2.05, 4.69) is 31.2 Å². The van der Waals surface area contributed by atoms with Crippen LogP contribution in [0.2, 0.25) is 0 Å². The minimum atomic E-state index is 0.0121. The minimum Gasteiger partial charge on any atom is -0.399 e. The second-order valence-corrected chi connectivity index (χ2v) is 14.0. The average molecular weight is 753 g/mol. The fourth-order valence-electron chi connectivity index (χ4n) is 5.69. The van der Waals surface area contributed by atoms with E-state index < -0.39 is 0 Å². The Morgan fingerprint density at radius 1 is 0.464 bits per heavy atom. The van der Waals surface area contributed by atoms with E-state index in [1.807, 2.05) is 125 Å². The Kier molecular flexibility index (Phi) is 20.5. The van der Waals surface area contributed by atoms with E-state index in [1.165, 1.54) is 61.3 Å². The molecule has 0 spiro atoms. The van der Waals surface area contributed by atoms with Gasteiger partial charge in [-0.05, 0) is 142 Å². The van der Waals surface area contributed by atoms with Crippen LogP contribution >= 0.6 is 0 Å². The van der Waals surface area contributed by atoms with Crippen LogP contribution in [0.3, 0.4) is 0 Å². The number of anilines is 6. The highest BCUT2D eigenvalue weighted by Crippen LogP contribution is 2.35. The Labute approximate surface area is 336 Å². The van der Waals surface area contributed by atoms with E-state index in [4.69, 9.17) is 34.4 Å². The number of carbonyl (C=O) groups excluding carboxylic acids is 1. The summed E-state index contributed by atoms with van der Waals surface area (Å²) < 4.78 is 0. The number of benzene rings is 6. The van der Waals surface area contributed by atoms with Crippen molar-refractivity contribution in [2.24, 2.45) is 0 Å². The highest BCUT2D eigenvalue weighted by molar-refractivity contribution is 5.98. The number of hydrogen-bond acceptors (Lipinski definition) is 7. The number of nitrogens with two attached hydrogens (primary N) is 6. The standard InChI is InChI=1S/C12H17N.C8H9NO.2C8H11N.C7H9N.C6H7N/c13-12-9-5-4-8-11(12)10-6-2-1-3-7-10;1-6(10)7-4-2-3-5-8(7)9;1-6-3-4-7(2)8(9)5-6;1-6-4-3-5-8(9)7(6)2;1-6-4-2-3-5-7(6)8;7-6-4-2-1-3-5-6/h4-5,8-10H,1-3,6-7,13H2;2-5H,9H2,1H3;2*3-5H,9H2,1-2H3;2-5H,8H2,1H3;1-5H,7H2. The van der Waals surface area contributed by atoms with Gasteiger partial charge in [0.1, 0.15) is 0 Å². The monoisotopic (exact) mass is 753 g/mol. The van der Waals surface area contributed by atoms with Gasteiger partial charge < -0.3 is 34.4 Å². The first kappa shape index (κ1) is 45.9. The molecule has 0 aromatic heterocycles. The van der Waals surface area contributed by atoms with E-state index in [0.29, 0.717) is 11.3 Å². The lowest BCUT2D eigenvalue weighted by molar-refractivity contribution is 0.101. The first-order chi connectivity index (χ1) is 26.7. The third-order valence-electron chi connectivity index (χ3n) is 9.45. The molecule has 7 nitrogen and oxygen atoms in total. The zero-order valence-electron chi connectivity index (χ0n) is 34.3. The van der Waals surface area contributed by atoms with Crippen molar-refractivity contribution in [3.63, 3.8) is 0 Å². The summed E-state index contributed by atoms with van der Waals surface area (Å²) in [4.78, 5) is 10.8. The largest absolute Gasteiger partial charge is 0.399 e. The quantitative estimate of drug-likeness (QED) is 0.0754. The van der Waals surface area contributed by atoms with E-state index in [-0.39, 0.29) is 5.78 Å². The van der Waals surface area contributed by atoms with Crippen LogP contribution in [0.4, 0.5) is 34.1 Å². The molecule has 0 aliphatic heterocycles. The van der Waals surface area contributed by atoms with Crippen molar-refractivity contribution in [1.82, 2.24) is 0 Å². The van der Waals surface area contributed by atoms with Crippen molar-refractivity contribution in [2.45, 2.75) is 79.6 Å². The molecule has 0 unspecified atom stereocenters. The summed E-state index contributed by atoms with van der Waals surface area (Å²) >= 11 is 0. The van der Waals surface area contributed by atoms with Crippen molar-refractivity contribution in [3.8, 4) is 0 Å². The fraction of sp³-hybridized carbons (Fsp3) is 0.245. The van der Waals surface area contributed by atoms with E-state index in [9.17, 15) is 4.79 Å². The van der Waals surface area contributed by atoms with Gasteiger partial charge in [-0.25, -0.2) is 0 Å². The molecular weight excluding hydrogens is 689 g/mol. The topological polar surface area (TPSA) is 173 Å². The molecule has 56 heavy (non-hydrogen) atoms. The summed E-state index contributed by atoms with van der Waals surface area (Å²) in [6, 6.07) is 44.7. The molecule has 0 heterocycles. The Morgan fingerprint density at radius 3 is 1.39 bits per heavy atom. The number of carbonyl (C=O) groups is 1. The number of aryl methyl sites for hydroxylation is 4. The Morgan fingerprint density at radius 2 is 0.964 bits per heavy atom. The van der Waals surface area contributed by atoms with E-state index >= 15 is 0 Å². The van der Waals surface area contributed by atoms with Crippen molar-refractivity contribution in [2.75, 3.05) is 34.4 Å². The molecule has 1 fully saturated rings. The van der Waals surface area contributed by atoms with Gasteiger partial charge in [-0.1, -0.05) is 110 Å². The SMILES string of the molecule is CC(=O)c1ccccc1N.Cc1ccc(C)c(N)c1.Cc1cccc(N)c1C.Cc1ccccc1N.Nc1ccccc1.Nc1ccccc1C1CCCCC1. The number of rotatable bonds is 2. The zero-order valence-corrected chi connectivity index (χ0v) is 34.3. The molecular formula is C49H64N6O. The van der Waals surface area contributed by atoms with Gasteiger partial charge >= 0.3 is 0 Å². The maximum atomic E-state index is 10.8. The molecule has 7 rings (SSSR count). The normalized spacial score (nSPS) is 11.5. The summed E-state index contributed by atoms with van der Waals surface area (Å²) in [5.41, 5.74) is 46.5. The number of hydrogen-bond donors (Lipinski definition) is 6. The number of ketones is 1. The number of nitrogen functional groups attached to an aromatic ring is 6. The number of para-hydroxylation sites is 4. The van der Waals surface area contributed by atoms with Crippen molar-refractivity contribution < 1.29 is 4.79 Å². The van der Waals surface area contributed by atoms with E-state index in [1.54, 1.807) is 18.2 Å². The van der Waals surface area contributed by atoms with Gasteiger partial charge in [0, 0.05) is 39.7 Å². The minimum absolute atomic E-state index is 0.0121. The maximum Gasteiger partial charge on any atom is 0.161 e. The maximum absolute atomic E-state index is 10.8. The van der Waals surface area contributed by atoms with Crippen LogP contribution in [0.5, 0.6) is 0 Å². The van der Waals surface area contributed by atoms with E-state index in [0.717, 1.165) is 45.5 Å². The summed E-state index contributed by atoms with van der Waals surface area (Å²) in [6.45, 7) is 11.6. The predicted octanol–water partition coefficient (Wildman–Crippen LogP) is 11.4. The highest BCUT2D eigenvalue weighted by atomic mass is 16.1. The van der Waals surface area contributed by atoms with Crippen LogP contribution in [0.15, 0.2) is 140 Å². The zero-order chi connectivity index (χ0) is 41.5. The van der Waals surface area contributed by atoms with Crippen molar-refractivity contribution in [3.05, 3.63) is 178 Å². The van der Waals surface area contributed by atoms with Gasteiger partial charge in [0.05, 0.1) is 0 Å². The molecule has 0 bridgehead atoms. The molecule has 1 aliphatic rings. The van der Waals surface area contributed by atoms with Crippen molar-refractivity contribution in [1.29, 1.82) is 0 Å². The Bertz CT molecular complexity index is 2000. The molecule has 0 amide bonds. The van der Waals surface area contributed by atoms with Crippen molar-refractivity contribution >= 4 is 39.9 Å². The van der Waals surface area contributed by atoms with Gasteiger partial charge in [-0.15, -0.1) is 0 Å². The smallest absolute Gasteiger partial charge is 0.161 e. The molecule has 0 radical (unpaired) electrons. The van der Waals surface area contributed by atoms with Gasteiger partial charge in [-0.2, -0.15) is 0 Å². The van der Waals surface area contributed by atoms with Crippen LogP contribution in [0.1, 0.15) is 88.7 Å². The number of Topliss-reactive ketones (excluding diaryl/α,β-unsaturated/α-hetero) is 1. The third kappa shape index (κ3) is 17.3. The second kappa shape index (κ2) is 25.0. The molecule has 7 heteroatoms. The molecule has 0 saturated heterocycles.